The van der Waals surface area contributed by atoms with Gasteiger partial charge in [0.05, 0.1) is 5.69 Å². The molecule has 8 aromatic rings. The van der Waals surface area contributed by atoms with Crippen LogP contribution in [0.3, 0.4) is 0 Å². The van der Waals surface area contributed by atoms with Crippen molar-refractivity contribution < 1.29 is 21.2 Å². The summed E-state index contributed by atoms with van der Waals surface area (Å²) in [5.41, 5.74) is 19.0. The van der Waals surface area contributed by atoms with Crippen LogP contribution in [0.15, 0.2) is 165 Å². The van der Waals surface area contributed by atoms with Crippen molar-refractivity contribution in [3.05, 3.63) is 182 Å². The summed E-state index contributed by atoms with van der Waals surface area (Å²) in [6.45, 7) is 4.52. The molecule has 8 rings (SSSR count). The number of alkyl halides is 2. The van der Waals surface area contributed by atoms with Crippen molar-refractivity contribution in [3.63, 3.8) is 0 Å². The number of fused-ring (bicyclic) bond motifs is 5. The fraction of sp³-hybridized carbons (Fsp3) is 0.0444. The number of rotatable bonds is 9. The Morgan fingerprint density at radius 1 is 0.745 bits per heavy atom. The fourth-order valence-electron chi connectivity index (χ4n) is 6.84. The zero-order chi connectivity index (χ0) is 34.7. The summed E-state index contributed by atoms with van der Waals surface area (Å²) in [5, 5.41) is 4.98. The summed E-state index contributed by atoms with van der Waals surface area (Å²) in [6.07, 6.45) is 14.8. The van der Waals surface area contributed by atoms with Crippen molar-refractivity contribution in [3.8, 4) is 28.1 Å². The Hall–Kier alpha value is -5.86. The second kappa shape index (κ2) is 14.2. The third-order valence-electron chi connectivity index (χ3n) is 9.30. The van der Waals surface area contributed by atoms with Gasteiger partial charge in [-0.3, -0.25) is 4.98 Å². The van der Waals surface area contributed by atoms with E-state index in [1.165, 1.54) is 38.1 Å². The molecule has 4 aromatic carbocycles. The first kappa shape index (κ1) is 32.4. The van der Waals surface area contributed by atoms with E-state index in [0.29, 0.717) is 0 Å². The van der Waals surface area contributed by atoms with Crippen molar-refractivity contribution in [1.29, 1.82) is 0 Å². The second-order valence-corrected chi connectivity index (χ2v) is 14.7. The summed E-state index contributed by atoms with van der Waals surface area (Å²) in [4.78, 5) is 15.5. The first-order valence-electron chi connectivity index (χ1n) is 16.7. The molecular weight excluding hydrogens is 737 g/mol. The SMILES string of the molecule is C=C(/C=C\C(=C/N)c1cccnc1)c1cc(C[I-]C)c2c3ccc4cc(-c5ccc(-c6ccncc6)nc5)ccc4c3n(-c3ccccc3)c2c1. The summed E-state index contributed by atoms with van der Waals surface area (Å²) in [5.74, 6) is 0. The third-order valence-corrected chi connectivity index (χ3v) is 10.9. The Morgan fingerprint density at radius 3 is 2.31 bits per heavy atom. The molecule has 0 aliphatic carbocycles. The minimum atomic E-state index is -0.0158. The van der Waals surface area contributed by atoms with E-state index in [0.717, 1.165) is 54.8 Å². The molecule has 0 fully saturated rings. The zero-order valence-corrected chi connectivity index (χ0v) is 30.3. The first-order valence-corrected chi connectivity index (χ1v) is 20.4. The molecule has 2 N–H and O–H groups in total. The molecule has 5 nitrogen and oxygen atoms in total. The van der Waals surface area contributed by atoms with Gasteiger partial charge in [0.25, 0.3) is 0 Å². The number of pyridine rings is 3. The predicted molar refractivity (Wildman–Crippen MR) is 209 cm³/mol. The van der Waals surface area contributed by atoms with Crippen LogP contribution in [-0.4, -0.2) is 24.4 Å². The van der Waals surface area contributed by atoms with E-state index in [1.54, 1.807) is 24.8 Å². The van der Waals surface area contributed by atoms with Gasteiger partial charge in [-0.25, -0.2) is 0 Å². The molecule has 0 radical (unpaired) electrons. The number of nitrogens with zero attached hydrogens (tertiary/aromatic N) is 4. The molecule has 51 heavy (non-hydrogen) atoms. The van der Waals surface area contributed by atoms with Gasteiger partial charge in [-0.05, 0) is 12.1 Å². The van der Waals surface area contributed by atoms with Crippen LogP contribution >= 0.6 is 0 Å². The summed E-state index contributed by atoms with van der Waals surface area (Å²) in [7, 11) is 0. The van der Waals surface area contributed by atoms with Crippen molar-refractivity contribution >= 4 is 43.7 Å². The molecule has 0 aliphatic heterocycles. The Bertz CT molecular complexity index is 2590. The molecule has 248 valence electrons. The van der Waals surface area contributed by atoms with Crippen molar-refractivity contribution in [2.24, 2.45) is 5.73 Å². The fourth-order valence-corrected chi connectivity index (χ4v) is 8.26. The number of hydrogen-bond acceptors (Lipinski definition) is 4. The zero-order valence-electron chi connectivity index (χ0n) is 28.2. The minimum absolute atomic E-state index is 0.0158. The van der Waals surface area contributed by atoms with Crippen LogP contribution in [0.2, 0.25) is 0 Å². The number of hydrogen-bond donors (Lipinski definition) is 1. The van der Waals surface area contributed by atoms with E-state index in [4.69, 9.17) is 10.7 Å². The molecule has 4 heterocycles. The van der Waals surface area contributed by atoms with Gasteiger partial charge in [-0.15, -0.1) is 0 Å². The van der Waals surface area contributed by atoms with Gasteiger partial charge in [0, 0.05) is 18.0 Å². The van der Waals surface area contributed by atoms with E-state index >= 15 is 0 Å². The van der Waals surface area contributed by atoms with Crippen LogP contribution in [0.25, 0.3) is 71.8 Å². The Balaban J connectivity index is 1.28. The number of aromatic nitrogens is 4. The van der Waals surface area contributed by atoms with Gasteiger partial charge < -0.3 is 0 Å². The summed E-state index contributed by atoms with van der Waals surface area (Å²) >= 11 is -0.0158. The standard InChI is InChI=1S/C45H35IN5/c1-30(10-11-34(27-47)35-7-6-20-49-28-35)37-24-38(26-46-2)44-41-16-13-33-23-32(36-14-17-42(50-29-36)31-18-21-48-22-19-31)12-15-40(33)45(41)51(43(44)25-37)39-8-4-3-5-9-39/h3-25,27-29H,1,26,47H2,2H3/q-1/b11-10-,34-27+. The van der Waals surface area contributed by atoms with Crippen LogP contribution in [0.5, 0.6) is 0 Å². The van der Waals surface area contributed by atoms with Gasteiger partial charge in [-0.1, -0.05) is 0 Å². The third kappa shape index (κ3) is 6.23. The molecular formula is C45H35IN5-. The number of para-hydroxylation sites is 1. The average Bonchev–Trinajstić information content (AvgIpc) is 3.54. The van der Waals surface area contributed by atoms with Gasteiger partial charge >= 0.3 is 269 Å². The van der Waals surface area contributed by atoms with E-state index in [9.17, 15) is 0 Å². The predicted octanol–water partition coefficient (Wildman–Crippen LogP) is 7.24. The maximum absolute atomic E-state index is 6.04. The van der Waals surface area contributed by atoms with Crippen molar-refractivity contribution in [2.75, 3.05) is 4.93 Å². The average molecular weight is 773 g/mol. The first-order chi connectivity index (χ1) is 25.1. The van der Waals surface area contributed by atoms with Crippen molar-refractivity contribution in [2.45, 2.75) is 4.43 Å². The quantitative estimate of drug-likeness (QED) is 0.0955. The molecule has 0 bridgehead atoms. The Morgan fingerprint density at radius 2 is 1.57 bits per heavy atom. The Kier molecular flexibility index (Phi) is 8.99. The maximum atomic E-state index is 6.04. The molecule has 0 atom stereocenters. The topological polar surface area (TPSA) is 69.6 Å². The normalized spacial score (nSPS) is 12.1. The van der Waals surface area contributed by atoms with E-state index < -0.39 is 0 Å². The Labute approximate surface area is 307 Å². The number of benzene rings is 4. The molecule has 0 unspecified atom stereocenters. The van der Waals surface area contributed by atoms with Crippen LogP contribution in [0, 0.1) is 0 Å². The monoisotopic (exact) mass is 772 g/mol. The van der Waals surface area contributed by atoms with E-state index in [2.05, 4.69) is 117 Å². The molecule has 6 heteroatoms. The number of nitrogens with two attached hydrogens (primary N) is 1. The summed E-state index contributed by atoms with van der Waals surface area (Å²) in [6, 6.07) is 38.8. The van der Waals surface area contributed by atoms with E-state index in [1.807, 2.05) is 42.7 Å². The molecule has 4 aromatic heterocycles. The van der Waals surface area contributed by atoms with Gasteiger partial charge in [0.2, 0.25) is 0 Å². The molecule has 0 spiro atoms. The van der Waals surface area contributed by atoms with Crippen LogP contribution in [0.4, 0.5) is 0 Å². The molecule has 0 amide bonds. The van der Waals surface area contributed by atoms with Gasteiger partial charge in [0.1, 0.15) is 0 Å². The van der Waals surface area contributed by atoms with Crippen LogP contribution in [0.1, 0.15) is 16.7 Å². The molecule has 0 saturated heterocycles. The molecule has 0 saturated carbocycles. The van der Waals surface area contributed by atoms with Crippen molar-refractivity contribution in [1.82, 2.24) is 19.5 Å². The van der Waals surface area contributed by atoms with Crippen LogP contribution in [-0.2, 0) is 4.43 Å². The second-order valence-electron chi connectivity index (χ2n) is 12.4. The number of halogens is 1. The van der Waals surface area contributed by atoms with Crippen LogP contribution < -0.4 is 26.9 Å². The van der Waals surface area contributed by atoms with E-state index in [-0.39, 0.29) is 21.2 Å². The van der Waals surface area contributed by atoms with Gasteiger partial charge in [0.15, 0.2) is 0 Å². The number of allylic oxidation sites excluding steroid dienone is 4. The molecule has 0 aliphatic rings. The summed E-state index contributed by atoms with van der Waals surface area (Å²) < 4.78 is 3.51. The van der Waals surface area contributed by atoms with Gasteiger partial charge in [-0.2, -0.15) is 0 Å².